The Morgan fingerprint density at radius 1 is 0.969 bits per heavy atom. The SMILES string of the molecule is CCOc1ccc(CCNC(=O)c2cccc(S(=O)(=O)N3CCCCC3)c2)cc1OCC. The van der Waals surface area contributed by atoms with E-state index in [0.29, 0.717) is 56.3 Å². The first-order valence-electron chi connectivity index (χ1n) is 11.2. The lowest BCUT2D eigenvalue weighted by Gasteiger charge is -2.26. The predicted molar refractivity (Wildman–Crippen MR) is 124 cm³/mol. The zero-order valence-corrected chi connectivity index (χ0v) is 19.6. The minimum atomic E-state index is -3.57. The van der Waals surface area contributed by atoms with Crippen molar-refractivity contribution in [1.82, 2.24) is 9.62 Å². The fourth-order valence-electron chi connectivity index (χ4n) is 3.73. The van der Waals surface area contributed by atoms with Gasteiger partial charge in [-0.2, -0.15) is 4.31 Å². The van der Waals surface area contributed by atoms with Gasteiger partial charge in [0.25, 0.3) is 5.91 Å². The van der Waals surface area contributed by atoms with Crippen LogP contribution in [-0.2, 0) is 16.4 Å². The number of nitrogens with one attached hydrogen (secondary N) is 1. The van der Waals surface area contributed by atoms with E-state index >= 15 is 0 Å². The summed E-state index contributed by atoms with van der Waals surface area (Å²) < 4.78 is 38.5. The van der Waals surface area contributed by atoms with Crippen LogP contribution in [0.3, 0.4) is 0 Å². The van der Waals surface area contributed by atoms with Crippen molar-refractivity contribution in [3.8, 4) is 11.5 Å². The Hall–Kier alpha value is -2.58. The first-order valence-corrected chi connectivity index (χ1v) is 12.7. The number of ether oxygens (including phenoxy) is 2. The van der Waals surface area contributed by atoms with E-state index in [0.717, 1.165) is 24.8 Å². The highest BCUT2D eigenvalue weighted by Gasteiger charge is 2.26. The fourth-order valence-corrected chi connectivity index (χ4v) is 5.29. The van der Waals surface area contributed by atoms with E-state index in [9.17, 15) is 13.2 Å². The largest absolute Gasteiger partial charge is 0.490 e. The highest BCUT2D eigenvalue weighted by atomic mass is 32.2. The molecule has 0 aromatic heterocycles. The van der Waals surface area contributed by atoms with Gasteiger partial charge in [0.05, 0.1) is 18.1 Å². The number of rotatable bonds is 10. The number of sulfonamides is 1. The molecule has 0 atom stereocenters. The fraction of sp³-hybridized carbons (Fsp3) is 0.458. The molecule has 1 N–H and O–H groups in total. The van der Waals surface area contributed by atoms with Crippen LogP contribution in [0.25, 0.3) is 0 Å². The summed E-state index contributed by atoms with van der Waals surface area (Å²) in [6, 6.07) is 12.0. The molecule has 2 aromatic carbocycles. The second-order valence-electron chi connectivity index (χ2n) is 7.65. The van der Waals surface area contributed by atoms with E-state index in [2.05, 4.69) is 5.32 Å². The van der Waals surface area contributed by atoms with Crippen LogP contribution in [0.15, 0.2) is 47.4 Å². The smallest absolute Gasteiger partial charge is 0.251 e. The van der Waals surface area contributed by atoms with Crippen molar-refractivity contribution >= 4 is 15.9 Å². The maximum atomic E-state index is 12.9. The van der Waals surface area contributed by atoms with Crippen LogP contribution >= 0.6 is 0 Å². The molecule has 1 aliphatic heterocycles. The maximum Gasteiger partial charge on any atom is 0.251 e. The highest BCUT2D eigenvalue weighted by Crippen LogP contribution is 2.28. The average molecular weight is 461 g/mol. The number of hydrogen-bond acceptors (Lipinski definition) is 5. The molecule has 0 saturated carbocycles. The molecule has 0 bridgehead atoms. The normalized spacial score (nSPS) is 14.7. The molecule has 1 aliphatic rings. The van der Waals surface area contributed by atoms with E-state index < -0.39 is 10.0 Å². The van der Waals surface area contributed by atoms with E-state index in [1.54, 1.807) is 18.2 Å². The van der Waals surface area contributed by atoms with Crippen molar-refractivity contribution in [1.29, 1.82) is 0 Å². The van der Waals surface area contributed by atoms with Crippen molar-refractivity contribution < 1.29 is 22.7 Å². The van der Waals surface area contributed by atoms with Crippen LogP contribution in [0.5, 0.6) is 11.5 Å². The van der Waals surface area contributed by atoms with E-state index in [1.807, 2.05) is 32.0 Å². The first-order chi connectivity index (χ1) is 15.5. The van der Waals surface area contributed by atoms with Crippen LogP contribution in [0.1, 0.15) is 49.0 Å². The second-order valence-corrected chi connectivity index (χ2v) is 9.58. The molecule has 1 saturated heterocycles. The Morgan fingerprint density at radius 2 is 1.69 bits per heavy atom. The standard InChI is InChI=1S/C24H32N2O5S/c1-3-30-22-12-11-19(17-23(22)31-4-2)13-14-25-24(27)20-9-8-10-21(18-20)32(28,29)26-15-6-5-7-16-26/h8-12,17-18H,3-7,13-16H2,1-2H3,(H,25,27). The van der Waals surface area contributed by atoms with Gasteiger partial charge in [-0.05, 0) is 69.0 Å². The summed E-state index contributed by atoms with van der Waals surface area (Å²) in [4.78, 5) is 12.8. The number of amides is 1. The van der Waals surface area contributed by atoms with Gasteiger partial charge in [-0.15, -0.1) is 0 Å². The maximum absolute atomic E-state index is 12.9. The molecule has 2 aromatic rings. The van der Waals surface area contributed by atoms with Crippen molar-refractivity contribution in [3.05, 3.63) is 53.6 Å². The molecule has 0 aliphatic carbocycles. The molecular weight excluding hydrogens is 428 g/mol. The Bertz CT molecular complexity index is 1020. The number of carbonyl (C=O) groups excluding carboxylic acids is 1. The molecule has 1 amide bonds. The summed E-state index contributed by atoms with van der Waals surface area (Å²) in [7, 11) is -3.57. The van der Waals surface area contributed by atoms with Crippen molar-refractivity contribution in [3.63, 3.8) is 0 Å². The lowest BCUT2D eigenvalue weighted by molar-refractivity contribution is 0.0954. The lowest BCUT2D eigenvalue weighted by Crippen LogP contribution is -2.35. The number of piperidine rings is 1. The topological polar surface area (TPSA) is 84.9 Å². The number of benzene rings is 2. The third kappa shape index (κ3) is 6.01. The quantitative estimate of drug-likeness (QED) is 0.585. The van der Waals surface area contributed by atoms with Gasteiger partial charge < -0.3 is 14.8 Å². The second kappa shape index (κ2) is 11.3. The van der Waals surface area contributed by atoms with Crippen LogP contribution in [-0.4, -0.2) is 51.5 Å². The lowest BCUT2D eigenvalue weighted by atomic mass is 10.1. The summed E-state index contributed by atoms with van der Waals surface area (Å²) in [6.07, 6.45) is 3.41. The zero-order chi connectivity index (χ0) is 23.0. The molecule has 7 nitrogen and oxygen atoms in total. The van der Waals surface area contributed by atoms with E-state index in [-0.39, 0.29) is 10.8 Å². The number of carbonyl (C=O) groups is 1. The summed E-state index contributed by atoms with van der Waals surface area (Å²) in [5.74, 6) is 1.10. The van der Waals surface area contributed by atoms with Gasteiger partial charge in [-0.25, -0.2) is 8.42 Å². The van der Waals surface area contributed by atoms with Crippen LogP contribution in [0.2, 0.25) is 0 Å². The third-order valence-corrected chi connectivity index (χ3v) is 7.25. The molecule has 0 radical (unpaired) electrons. The van der Waals surface area contributed by atoms with Crippen molar-refractivity contribution in [2.45, 2.75) is 44.4 Å². The zero-order valence-electron chi connectivity index (χ0n) is 18.8. The number of hydrogen-bond donors (Lipinski definition) is 1. The van der Waals surface area contributed by atoms with Gasteiger partial charge >= 0.3 is 0 Å². The predicted octanol–water partition coefficient (Wildman–Crippen LogP) is 3.63. The van der Waals surface area contributed by atoms with Gasteiger partial charge in [0.1, 0.15) is 0 Å². The Labute approximate surface area is 190 Å². The average Bonchev–Trinajstić information content (AvgIpc) is 2.81. The van der Waals surface area contributed by atoms with Gasteiger partial charge in [0.15, 0.2) is 11.5 Å². The molecule has 174 valence electrons. The molecule has 3 rings (SSSR count). The minimum Gasteiger partial charge on any atom is -0.490 e. The van der Waals surface area contributed by atoms with Gasteiger partial charge in [-0.1, -0.05) is 18.6 Å². The first kappa shape index (κ1) is 24.1. The molecule has 0 unspecified atom stereocenters. The Balaban J connectivity index is 1.62. The summed E-state index contributed by atoms with van der Waals surface area (Å²) in [6.45, 7) is 6.42. The van der Waals surface area contributed by atoms with Crippen LogP contribution < -0.4 is 14.8 Å². The molecule has 32 heavy (non-hydrogen) atoms. The molecular formula is C24H32N2O5S. The van der Waals surface area contributed by atoms with Crippen molar-refractivity contribution in [2.24, 2.45) is 0 Å². The van der Waals surface area contributed by atoms with Gasteiger partial charge in [-0.3, -0.25) is 4.79 Å². The molecule has 1 fully saturated rings. The Morgan fingerprint density at radius 3 is 2.41 bits per heavy atom. The molecule has 8 heteroatoms. The van der Waals surface area contributed by atoms with Gasteiger partial charge in [0, 0.05) is 25.2 Å². The third-order valence-electron chi connectivity index (χ3n) is 5.36. The molecule has 0 spiro atoms. The van der Waals surface area contributed by atoms with E-state index in [4.69, 9.17) is 9.47 Å². The van der Waals surface area contributed by atoms with Crippen LogP contribution in [0, 0.1) is 0 Å². The van der Waals surface area contributed by atoms with Crippen LogP contribution in [0.4, 0.5) is 0 Å². The molecule has 1 heterocycles. The van der Waals surface area contributed by atoms with E-state index in [1.165, 1.54) is 10.4 Å². The summed E-state index contributed by atoms with van der Waals surface area (Å²) >= 11 is 0. The highest BCUT2D eigenvalue weighted by molar-refractivity contribution is 7.89. The minimum absolute atomic E-state index is 0.167. The van der Waals surface area contributed by atoms with Crippen molar-refractivity contribution in [2.75, 3.05) is 32.8 Å². The van der Waals surface area contributed by atoms with Gasteiger partial charge in [0.2, 0.25) is 10.0 Å². The number of nitrogens with zero attached hydrogens (tertiary/aromatic N) is 1. The Kier molecular flexibility index (Phi) is 8.53. The summed E-state index contributed by atoms with van der Waals surface area (Å²) in [5.41, 5.74) is 1.35. The summed E-state index contributed by atoms with van der Waals surface area (Å²) in [5, 5.41) is 2.88. The monoisotopic (exact) mass is 460 g/mol.